The van der Waals surface area contributed by atoms with Crippen molar-refractivity contribution in [1.82, 2.24) is 15.5 Å². The Labute approximate surface area is 381 Å². The van der Waals surface area contributed by atoms with Crippen LogP contribution in [0, 0.1) is 46.3 Å². The number of hydrogen-bond donors (Lipinski definition) is 3. The van der Waals surface area contributed by atoms with Crippen LogP contribution in [0.5, 0.6) is 0 Å². The summed E-state index contributed by atoms with van der Waals surface area (Å²) < 4.78 is 6.29. The lowest BCUT2D eigenvalue weighted by Gasteiger charge is -2.58. The Kier molecular flexibility index (Phi) is 23.8. The highest BCUT2D eigenvalue weighted by Crippen LogP contribution is 2.67. The van der Waals surface area contributed by atoms with Gasteiger partial charge in [0.25, 0.3) is 0 Å². The largest absolute Gasteiger partial charge is 0.446 e. The lowest BCUT2D eigenvalue weighted by Crippen LogP contribution is -2.51. The van der Waals surface area contributed by atoms with E-state index in [1.54, 1.807) is 4.90 Å². The maximum Gasteiger partial charge on any atom is 0.410 e. The Morgan fingerprint density at radius 3 is 2.05 bits per heavy atom. The molecule has 0 aromatic rings. The van der Waals surface area contributed by atoms with Gasteiger partial charge >= 0.3 is 6.09 Å². The zero-order chi connectivity index (χ0) is 44.8. The standard InChI is InChI=1S/C54H98N4O4/c1-7-8-9-10-11-12-13-14-15-16-17-18-19-27-50(59)56-38-22-23-39-58(41-51(60)57-37-21-20-36-55)52(61)62-45-32-34-53(5)44(40-45)28-29-46-48-31-30-47(43(4)26-24-25-42(2)3)54(48,6)35-33-49(46)53/h28,42-43,45-49H,7-27,29-41,55H2,1-6H3,(H,56,59)(H,57,60)/t43-,45+,46+,47-,48+,49+,53+,54-/m1/s1. The Morgan fingerprint density at radius 1 is 0.742 bits per heavy atom. The van der Waals surface area contributed by atoms with Crippen molar-refractivity contribution < 1.29 is 19.1 Å². The smallest absolute Gasteiger partial charge is 0.410 e. The molecule has 3 fully saturated rings. The van der Waals surface area contributed by atoms with Crippen molar-refractivity contribution in [3.05, 3.63) is 11.6 Å². The SMILES string of the molecule is CCCCCCCCCCCCCCCC(=O)NCCCCN(CC(=O)NCCCCN)C(=O)O[C@H]1CC[C@@]2(C)C(=CC[C@H]3[C@@H]4CC[C@H]([C@H](C)CCCC(C)C)[C@@]4(C)CC[C@@H]32)C1. The van der Waals surface area contributed by atoms with Gasteiger partial charge in [0.15, 0.2) is 0 Å². The molecule has 8 nitrogen and oxygen atoms in total. The number of hydrogen-bond acceptors (Lipinski definition) is 5. The number of nitrogens with zero attached hydrogens (tertiary/aromatic N) is 1. The van der Waals surface area contributed by atoms with Crippen LogP contribution in [0.4, 0.5) is 4.79 Å². The molecular weight excluding hydrogens is 769 g/mol. The van der Waals surface area contributed by atoms with Gasteiger partial charge < -0.3 is 21.1 Å². The molecule has 0 unspecified atom stereocenters. The Bertz CT molecular complexity index is 1340. The topological polar surface area (TPSA) is 114 Å². The van der Waals surface area contributed by atoms with Crippen molar-refractivity contribution >= 4 is 17.9 Å². The van der Waals surface area contributed by atoms with Crippen LogP contribution in [-0.4, -0.2) is 61.6 Å². The molecule has 62 heavy (non-hydrogen) atoms. The predicted octanol–water partition coefficient (Wildman–Crippen LogP) is 13.1. The van der Waals surface area contributed by atoms with Gasteiger partial charge in [-0.2, -0.15) is 0 Å². The molecular formula is C54H98N4O4. The monoisotopic (exact) mass is 867 g/mol. The molecule has 0 bridgehead atoms. The van der Waals surface area contributed by atoms with E-state index < -0.39 is 0 Å². The van der Waals surface area contributed by atoms with E-state index in [0.717, 1.165) is 86.9 Å². The molecule has 4 aliphatic carbocycles. The molecule has 4 aliphatic rings. The molecule has 0 aromatic carbocycles. The van der Waals surface area contributed by atoms with Gasteiger partial charge in [-0.1, -0.05) is 150 Å². The number of carbonyl (C=O) groups is 3. The van der Waals surface area contributed by atoms with E-state index in [0.29, 0.717) is 44.4 Å². The fraction of sp³-hybridized carbons (Fsp3) is 0.907. The van der Waals surface area contributed by atoms with Crippen LogP contribution in [0.25, 0.3) is 0 Å². The van der Waals surface area contributed by atoms with Crippen molar-refractivity contribution in [2.75, 3.05) is 32.7 Å². The van der Waals surface area contributed by atoms with Crippen LogP contribution in [-0.2, 0) is 14.3 Å². The van der Waals surface area contributed by atoms with Crippen molar-refractivity contribution in [2.45, 2.75) is 234 Å². The molecule has 3 amide bonds. The average Bonchev–Trinajstić information content (AvgIpc) is 3.60. The van der Waals surface area contributed by atoms with E-state index in [1.165, 1.54) is 128 Å². The number of allylic oxidation sites excluding steroid dienone is 1. The van der Waals surface area contributed by atoms with Gasteiger partial charge in [0.1, 0.15) is 12.6 Å². The normalized spacial score (nSPS) is 27.2. The molecule has 4 N–H and O–H groups in total. The van der Waals surface area contributed by atoms with Gasteiger partial charge in [0, 0.05) is 32.5 Å². The van der Waals surface area contributed by atoms with Crippen molar-refractivity contribution in [3.63, 3.8) is 0 Å². The van der Waals surface area contributed by atoms with Gasteiger partial charge in [0.2, 0.25) is 11.8 Å². The molecule has 0 saturated heterocycles. The van der Waals surface area contributed by atoms with Crippen LogP contribution in [0.1, 0.15) is 228 Å². The summed E-state index contributed by atoms with van der Waals surface area (Å²) in [6.45, 7) is 16.9. The summed E-state index contributed by atoms with van der Waals surface area (Å²) in [5, 5.41) is 6.06. The molecule has 8 heteroatoms. The Hall–Kier alpha value is -2.09. The van der Waals surface area contributed by atoms with E-state index in [2.05, 4.69) is 58.3 Å². The minimum atomic E-state index is -0.385. The van der Waals surface area contributed by atoms with Crippen LogP contribution < -0.4 is 16.4 Å². The molecule has 0 spiro atoms. The fourth-order valence-corrected chi connectivity index (χ4v) is 13.0. The predicted molar refractivity (Wildman–Crippen MR) is 259 cm³/mol. The van der Waals surface area contributed by atoms with Crippen molar-refractivity contribution in [3.8, 4) is 0 Å². The molecule has 0 aliphatic heterocycles. The van der Waals surface area contributed by atoms with Crippen LogP contribution in [0.2, 0.25) is 0 Å². The number of unbranched alkanes of at least 4 members (excludes halogenated alkanes) is 14. The van der Waals surface area contributed by atoms with Gasteiger partial charge in [-0.05, 0) is 130 Å². The highest BCUT2D eigenvalue weighted by molar-refractivity contribution is 5.82. The highest BCUT2D eigenvalue weighted by Gasteiger charge is 2.59. The Morgan fingerprint density at radius 2 is 1.39 bits per heavy atom. The summed E-state index contributed by atoms with van der Waals surface area (Å²) in [4.78, 5) is 41.0. The second-order valence-corrected chi connectivity index (χ2v) is 21.9. The van der Waals surface area contributed by atoms with Crippen LogP contribution in [0.15, 0.2) is 11.6 Å². The third kappa shape index (κ3) is 16.4. The maximum absolute atomic E-state index is 13.8. The molecule has 3 saturated carbocycles. The van der Waals surface area contributed by atoms with E-state index >= 15 is 0 Å². The molecule has 0 radical (unpaired) electrons. The number of rotatable bonds is 31. The summed E-state index contributed by atoms with van der Waals surface area (Å²) in [6, 6.07) is 0. The first-order valence-corrected chi connectivity index (χ1v) is 26.8. The van der Waals surface area contributed by atoms with E-state index in [4.69, 9.17) is 10.5 Å². The first-order valence-electron chi connectivity index (χ1n) is 26.8. The molecule has 4 rings (SSSR count). The summed E-state index contributed by atoms with van der Waals surface area (Å²) in [5.41, 5.74) is 7.83. The number of carbonyl (C=O) groups excluding carboxylic acids is 3. The number of nitrogens with two attached hydrogens (primary N) is 1. The maximum atomic E-state index is 13.8. The van der Waals surface area contributed by atoms with E-state index in [1.807, 2.05) is 0 Å². The first-order chi connectivity index (χ1) is 29.9. The van der Waals surface area contributed by atoms with Crippen molar-refractivity contribution in [2.24, 2.45) is 52.1 Å². The van der Waals surface area contributed by atoms with Gasteiger partial charge in [-0.15, -0.1) is 0 Å². The Balaban J connectivity index is 1.19. The third-order valence-corrected chi connectivity index (χ3v) is 16.8. The first kappa shape index (κ1) is 52.5. The van der Waals surface area contributed by atoms with Gasteiger partial charge in [0.05, 0.1) is 0 Å². The van der Waals surface area contributed by atoms with Gasteiger partial charge in [-0.3, -0.25) is 14.5 Å². The number of amides is 3. The quantitative estimate of drug-likeness (QED) is 0.0474. The highest BCUT2D eigenvalue weighted by atomic mass is 16.6. The lowest BCUT2D eigenvalue weighted by molar-refractivity contribution is -0.122. The van der Waals surface area contributed by atoms with Crippen molar-refractivity contribution in [1.29, 1.82) is 0 Å². The average molecular weight is 867 g/mol. The second-order valence-electron chi connectivity index (χ2n) is 21.9. The third-order valence-electron chi connectivity index (χ3n) is 16.8. The van der Waals surface area contributed by atoms with Crippen LogP contribution >= 0.6 is 0 Å². The minimum absolute atomic E-state index is 0.0127. The summed E-state index contributed by atoms with van der Waals surface area (Å²) in [6.07, 6.45) is 36.2. The summed E-state index contributed by atoms with van der Waals surface area (Å²) >= 11 is 0. The summed E-state index contributed by atoms with van der Waals surface area (Å²) in [5.74, 6) is 4.77. The summed E-state index contributed by atoms with van der Waals surface area (Å²) in [7, 11) is 0. The molecule has 0 heterocycles. The lowest BCUT2D eigenvalue weighted by atomic mass is 9.47. The molecule has 8 atom stereocenters. The zero-order valence-corrected chi connectivity index (χ0v) is 41.3. The van der Waals surface area contributed by atoms with E-state index in [-0.39, 0.29) is 36.0 Å². The van der Waals surface area contributed by atoms with Crippen LogP contribution in [0.3, 0.4) is 0 Å². The molecule has 358 valence electrons. The second kappa shape index (κ2) is 28.1. The van der Waals surface area contributed by atoms with Gasteiger partial charge in [-0.25, -0.2) is 4.79 Å². The molecule has 0 aromatic heterocycles. The van der Waals surface area contributed by atoms with E-state index in [9.17, 15) is 14.4 Å². The zero-order valence-electron chi connectivity index (χ0n) is 41.3. The number of ether oxygens (including phenoxy) is 1. The minimum Gasteiger partial charge on any atom is -0.446 e. The fourth-order valence-electron chi connectivity index (χ4n) is 13.0. The number of nitrogens with one attached hydrogen (secondary N) is 2. The number of fused-ring (bicyclic) bond motifs is 5.